The molecule has 9 heteroatoms. The molecule has 148 valence electrons. The molecule has 0 fully saturated rings. The Labute approximate surface area is 171 Å². The van der Waals surface area contributed by atoms with E-state index in [2.05, 4.69) is 10.3 Å². The average Bonchev–Trinajstić information content (AvgIpc) is 2.72. The zero-order valence-electron chi connectivity index (χ0n) is 15.5. The maximum atomic E-state index is 12.4. The first-order chi connectivity index (χ1) is 14.0. The van der Waals surface area contributed by atoms with E-state index in [4.69, 9.17) is 10.1 Å². The van der Waals surface area contributed by atoms with E-state index < -0.39 is 11.9 Å². The number of carbonyl (C=O) groups is 3. The van der Waals surface area contributed by atoms with Crippen molar-refractivity contribution in [3.63, 3.8) is 0 Å². The van der Waals surface area contributed by atoms with Gasteiger partial charge in [-0.25, -0.2) is 4.79 Å². The van der Waals surface area contributed by atoms with Gasteiger partial charge in [-0.2, -0.15) is 4.99 Å². The number of anilines is 2. The van der Waals surface area contributed by atoms with Crippen molar-refractivity contribution in [2.75, 3.05) is 23.1 Å². The van der Waals surface area contributed by atoms with Crippen LogP contribution >= 0.6 is 11.8 Å². The minimum atomic E-state index is -0.556. The second-order valence-electron chi connectivity index (χ2n) is 5.96. The van der Waals surface area contributed by atoms with Crippen LogP contribution in [0.4, 0.5) is 11.4 Å². The molecule has 3 rings (SSSR count). The third-order valence-electron chi connectivity index (χ3n) is 3.95. The molecule has 29 heavy (non-hydrogen) atoms. The fourth-order valence-corrected chi connectivity index (χ4v) is 3.51. The molecule has 0 aromatic heterocycles. The second-order valence-corrected chi connectivity index (χ2v) is 6.90. The largest absolute Gasteiger partial charge is 0.465 e. The van der Waals surface area contributed by atoms with Crippen molar-refractivity contribution >= 4 is 51.9 Å². The van der Waals surface area contributed by atoms with Crippen LogP contribution in [0.25, 0.3) is 0 Å². The van der Waals surface area contributed by atoms with Gasteiger partial charge >= 0.3 is 5.97 Å². The number of esters is 1. The average molecular weight is 410 g/mol. The summed E-state index contributed by atoms with van der Waals surface area (Å²) in [6, 6.07) is 15.6. The number of thioether (sulfide) groups is 1. The van der Waals surface area contributed by atoms with Crippen molar-refractivity contribution in [1.82, 2.24) is 0 Å². The Balaban J connectivity index is 1.73. The Bertz CT molecular complexity index is 991. The van der Waals surface area contributed by atoms with E-state index in [0.717, 1.165) is 11.8 Å². The molecule has 0 spiro atoms. The fraction of sp³-hybridized carbons (Fsp3) is 0.150. The first kappa shape index (κ1) is 20.3. The lowest BCUT2D eigenvalue weighted by Gasteiger charge is -2.28. The number of nitrogens with zero attached hydrogens (tertiary/aromatic N) is 2. The lowest BCUT2D eigenvalue weighted by Crippen LogP contribution is -2.40. The summed E-state index contributed by atoms with van der Waals surface area (Å²) in [5.41, 5.74) is 1.26. The summed E-state index contributed by atoms with van der Waals surface area (Å²) in [6.07, 6.45) is -0.0995. The van der Waals surface area contributed by atoms with Crippen molar-refractivity contribution in [3.8, 4) is 0 Å². The Kier molecular flexibility index (Phi) is 6.40. The number of benzene rings is 2. The third-order valence-corrected chi connectivity index (χ3v) is 4.89. The van der Waals surface area contributed by atoms with Gasteiger partial charge in [-0.15, -0.1) is 0 Å². The highest BCUT2D eigenvalue weighted by Gasteiger charge is 2.27. The van der Waals surface area contributed by atoms with Gasteiger partial charge in [0.25, 0.3) is 5.91 Å². The van der Waals surface area contributed by atoms with Crippen LogP contribution in [0, 0.1) is 5.41 Å². The molecule has 0 radical (unpaired) electrons. The molecule has 0 aliphatic carbocycles. The van der Waals surface area contributed by atoms with Gasteiger partial charge in [0, 0.05) is 5.69 Å². The second kappa shape index (κ2) is 9.16. The summed E-state index contributed by atoms with van der Waals surface area (Å²) >= 11 is 1.04. The molecule has 0 atom stereocenters. The number of methoxy groups -OCH3 is 1. The molecule has 1 aliphatic rings. The Morgan fingerprint density at radius 3 is 2.59 bits per heavy atom. The molecule has 2 amide bonds. The van der Waals surface area contributed by atoms with E-state index in [-0.39, 0.29) is 34.6 Å². The molecule has 2 aromatic carbocycles. The number of hydrogen-bond acceptors (Lipinski definition) is 6. The standard InChI is InChI=1S/C20H18N4O4S/c1-28-19(27)14-9-5-6-10-15(14)22-18(26)12-29-20-23-17(25)11-16(21)24(20)13-7-3-2-4-8-13/h2-10,21H,11-12H2,1H3,(H,22,26). The highest BCUT2D eigenvalue weighted by Crippen LogP contribution is 2.24. The molecule has 0 saturated carbocycles. The van der Waals surface area contributed by atoms with Crippen molar-refractivity contribution in [2.45, 2.75) is 6.42 Å². The zero-order chi connectivity index (χ0) is 20.8. The quantitative estimate of drug-likeness (QED) is 0.733. The number of rotatable bonds is 5. The van der Waals surface area contributed by atoms with E-state index in [0.29, 0.717) is 11.4 Å². The van der Waals surface area contributed by atoms with E-state index >= 15 is 0 Å². The van der Waals surface area contributed by atoms with Crippen LogP contribution < -0.4 is 10.2 Å². The fourth-order valence-electron chi connectivity index (χ4n) is 2.67. The van der Waals surface area contributed by atoms with E-state index in [1.54, 1.807) is 41.3 Å². The minimum Gasteiger partial charge on any atom is -0.465 e. The molecule has 1 heterocycles. The predicted molar refractivity (Wildman–Crippen MR) is 113 cm³/mol. The number of hydrogen-bond donors (Lipinski definition) is 2. The number of nitrogens with one attached hydrogen (secondary N) is 2. The topological polar surface area (TPSA) is 112 Å². The van der Waals surface area contributed by atoms with Gasteiger partial charge in [0.05, 0.1) is 30.5 Å². The van der Waals surface area contributed by atoms with Gasteiger partial charge in [-0.05, 0) is 24.3 Å². The summed E-state index contributed by atoms with van der Waals surface area (Å²) in [6.45, 7) is 0. The number of carbonyl (C=O) groups excluding carboxylic acids is 3. The smallest absolute Gasteiger partial charge is 0.339 e. The summed E-state index contributed by atoms with van der Waals surface area (Å²) in [5.74, 6) is -1.33. The van der Waals surface area contributed by atoms with Crippen molar-refractivity contribution in [3.05, 3.63) is 60.2 Å². The number of amides is 2. The SMILES string of the molecule is COC(=O)c1ccccc1NC(=O)CSC1=NC(=O)CC(=N)N1c1ccccc1. The normalized spacial score (nSPS) is 13.7. The summed E-state index contributed by atoms with van der Waals surface area (Å²) in [4.78, 5) is 41.6. The first-order valence-corrected chi connectivity index (χ1v) is 9.62. The Morgan fingerprint density at radius 2 is 1.86 bits per heavy atom. The Morgan fingerprint density at radius 1 is 1.17 bits per heavy atom. The lowest BCUT2D eigenvalue weighted by atomic mass is 10.2. The van der Waals surface area contributed by atoms with Gasteiger partial charge in [0.15, 0.2) is 5.17 Å². The zero-order valence-corrected chi connectivity index (χ0v) is 16.4. The van der Waals surface area contributed by atoms with Crippen LogP contribution in [-0.2, 0) is 14.3 Å². The van der Waals surface area contributed by atoms with Crippen molar-refractivity contribution in [1.29, 1.82) is 5.41 Å². The van der Waals surface area contributed by atoms with Gasteiger partial charge in [0.2, 0.25) is 5.91 Å². The summed E-state index contributed by atoms with van der Waals surface area (Å²) in [7, 11) is 1.27. The van der Waals surface area contributed by atoms with Crippen LogP contribution in [0.5, 0.6) is 0 Å². The van der Waals surface area contributed by atoms with Crippen LogP contribution in [0.1, 0.15) is 16.8 Å². The van der Waals surface area contributed by atoms with Gasteiger partial charge in [0.1, 0.15) is 5.84 Å². The van der Waals surface area contributed by atoms with Crippen molar-refractivity contribution in [2.24, 2.45) is 4.99 Å². The maximum Gasteiger partial charge on any atom is 0.339 e. The Hall–Kier alpha value is -3.46. The molecular formula is C20H18N4O4S. The van der Waals surface area contributed by atoms with Crippen LogP contribution in [0.2, 0.25) is 0 Å². The predicted octanol–water partition coefficient (Wildman–Crippen LogP) is 2.92. The lowest BCUT2D eigenvalue weighted by molar-refractivity contribution is -0.117. The first-order valence-electron chi connectivity index (χ1n) is 8.63. The van der Waals surface area contributed by atoms with Crippen LogP contribution in [-0.4, -0.2) is 41.6 Å². The molecule has 0 unspecified atom stereocenters. The van der Waals surface area contributed by atoms with E-state index in [9.17, 15) is 14.4 Å². The monoisotopic (exact) mass is 410 g/mol. The molecule has 1 aliphatic heterocycles. The number of para-hydroxylation sites is 2. The van der Waals surface area contributed by atoms with Gasteiger partial charge in [-0.3, -0.25) is 19.9 Å². The van der Waals surface area contributed by atoms with Gasteiger partial charge in [-0.1, -0.05) is 42.1 Å². The highest BCUT2D eigenvalue weighted by atomic mass is 32.2. The highest BCUT2D eigenvalue weighted by molar-refractivity contribution is 8.14. The molecule has 2 N–H and O–H groups in total. The maximum absolute atomic E-state index is 12.4. The number of aliphatic imine (C=N–C) groups is 1. The molecular weight excluding hydrogens is 392 g/mol. The summed E-state index contributed by atoms with van der Waals surface area (Å²) < 4.78 is 4.72. The summed E-state index contributed by atoms with van der Waals surface area (Å²) in [5, 5.41) is 11.1. The molecule has 0 saturated heterocycles. The third kappa shape index (κ3) is 4.88. The van der Waals surface area contributed by atoms with Gasteiger partial charge < -0.3 is 10.1 Å². The van der Waals surface area contributed by atoms with Crippen LogP contribution in [0.3, 0.4) is 0 Å². The van der Waals surface area contributed by atoms with Crippen molar-refractivity contribution < 1.29 is 19.1 Å². The molecule has 8 nitrogen and oxygen atoms in total. The van der Waals surface area contributed by atoms with E-state index in [1.807, 2.05) is 18.2 Å². The molecule has 0 bridgehead atoms. The number of amidine groups is 2. The van der Waals surface area contributed by atoms with Crippen LogP contribution in [0.15, 0.2) is 59.6 Å². The van der Waals surface area contributed by atoms with E-state index in [1.165, 1.54) is 7.11 Å². The number of ether oxygens (including phenoxy) is 1. The molecule has 2 aromatic rings. The minimum absolute atomic E-state index is 0.0573.